The van der Waals surface area contributed by atoms with Gasteiger partial charge in [-0.2, -0.15) is 0 Å². The van der Waals surface area contributed by atoms with E-state index >= 15 is 0 Å². The van der Waals surface area contributed by atoms with Crippen LogP contribution in [0.5, 0.6) is 0 Å². The quantitative estimate of drug-likeness (QED) is 0.864. The maximum atomic E-state index is 12.3. The van der Waals surface area contributed by atoms with Gasteiger partial charge >= 0.3 is 0 Å². The lowest BCUT2D eigenvalue weighted by Gasteiger charge is -2.30. The van der Waals surface area contributed by atoms with Crippen molar-refractivity contribution in [3.05, 3.63) is 18.2 Å². The summed E-state index contributed by atoms with van der Waals surface area (Å²) in [6.07, 6.45) is 4.71. The number of aromatic nitrogens is 2. The summed E-state index contributed by atoms with van der Waals surface area (Å²) >= 11 is 0. The Balaban J connectivity index is 1.98. The number of amides is 1. The predicted molar refractivity (Wildman–Crippen MR) is 76.1 cm³/mol. The fourth-order valence-electron chi connectivity index (χ4n) is 2.52. The third-order valence-electron chi connectivity index (χ3n) is 3.85. The van der Waals surface area contributed by atoms with E-state index in [9.17, 15) is 9.59 Å². The van der Waals surface area contributed by atoms with E-state index in [4.69, 9.17) is 0 Å². The van der Waals surface area contributed by atoms with Gasteiger partial charge in [0.2, 0.25) is 5.91 Å². The summed E-state index contributed by atoms with van der Waals surface area (Å²) in [4.78, 5) is 31.4. The molecular formula is C15H23N3O2. The molecule has 2 rings (SSSR count). The topological polar surface area (TPSA) is 74.8 Å². The Kier molecular flexibility index (Phi) is 3.97. The van der Waals surface area contributed by atoms with Crippen molar-refractivity contribution < 1.29 is 9.59 Å². The van der Waals surface area contributed by atoms with E-state index in [1.165, 1.54) is 0 Å². The molecule has 1 aromatic rings. The summed E-state index contributed by atoms with van der Waals surface area (Å²) in [6, 6.07) is -0.416. The van der Waals surface area contributed by atoms with Gasteiger partial charge < -0.3 is 10.3 Å². The van der Waals surface area contributed by atoms with Crippen LogP contribution in [0.25, 0.3) is 0 Å². The molecule has 0 aliphatic heterocycles. The van der Waals surface area contributed by atoms with E-state index in [2.05, 4.69) is 15.3 Å². The standard InChI is InChI=1S/C15H23N3O2/c1-5-12(19)13(15(2,3)4)18-14(20)10-6-9(10)11-7-16-8-17-11/h7-10,13H,5-6H2,1-4H3,(H,16,17)(H,18,20)/t9-,10?,13+/m0/s1. The fraction of sp³-hybridized carbons (Fsp3) is 0.667. The molecular weight excluding hydrogens is 254 g/mol. The minimum atomic E-state index is -0.416. The molecule has 20 heavy (non-hydrogen) atoms. The van der Waals surface area contributed by atoms with Gasteiger partial charge in [-0.05, 0) is 11.8 Å². The summed E-state index contributed by atoms with van der Waals surface area (Å²) in [5.41, 5.74) is 0.665. The van der Waals surface area contributed by atoms with Crippen LogP contribution in [0, 0.1) is 11.3 Å². The first-order chi connectivity index (χ1) is 9.34. The third-order valence-corrected chi connectivity index (χ3v) is 3.85. The van der Waals surface area contributed by atoms with Crippen molar-refractivity contribution >= 4 is 11.7 Å². The van der Waals surface area contributed by atoms with Crippen LogP contribution >= 0.6 is 0 Å². The van der Waals surface area contributed by atoms with Crippen molar-refractivity contribution in [2.45, 2.75) is 52.5 Å². The van der Waals surface area contributed by atoms with Gasteiger partial charge in [-0.15, -0.1) is 0 Å². The highest BCUT2D eigenvalue weighted by molar-refractivity contribution is 5.91. The highest BCUT2D eigenvalue weighted by Crippen LogP contribution is 2.46. The van der Waals surface area contributed by atoms with Crippen molar-refractivity contribution in [2.75, 3.05) is 0 Å². The Morgan fingerprint density at radius 3 is 2.70 bits per heavy atom. The number of ketones is 1. The maximum absolute atomic E-state index is 12.3. The molecule has 5 nitrogen and oxygen atoms in total. The van der Waals surface area contributed by atoms with Crippen LogP contribution in [0.3, 0.4) is 0 Å². The molecule has 1 amide bonds. The molecule has 0 spiro atoms. The number of nitrogens with zero attached hydrogens (tertiary/aromatic N) is 1. The van der Waals surface area contributed by atoms with E-state index in [0.29, 0.717) is 6.42 Å². The van der Waals surface area contributed by atoms with Gasteiger partial charge in [-0.1, -0.05) is 27.7 Å². The normalized spacial score (nSPS) is 23.2. The Bertz CT molecular complexity index is 488. The molecule has 3 atom stereocenters. The second-order valence-corrected chi connectivity index (χ2v) is 6.57. The van der Waals surface area contributed by atoms with Gasteiger partial charge in [0.1, 0.15) is 0 Å². The van der Waals surface area contributed by atoms with Gasteiger partial charge in [0.15, 0.2) is 5.78 Å². The molecule has 0 bridgehead atoms. The number of rotatable bonds is 5. The van der Waals surface area contributed by atoms with Crippen LogP contribution in [0.2, 0.25) is 0 Å². The van der Waals surface area contributed by atoms with Crippen LogP contribution < -0.4 is 5.32 Å². The maximum Gasteiger partial charge on any atom is 0.224 e. The van der Waals surface area contributed by atoms with Crippen LogP contribution in [-0.4, -0.2) is 27.7 Å². The minimum absolute atomic E-state index is 0.0280. The zero-order chi connectivity index (χ0) is 14.9. The van der Waals surface area contributed by atoms with Crippen molar-refractivity contribution in [3.8, 4) is 0 Å². The number of carbonyl (C=O) groups excluding carboxylic acids is 2. The molecule has 1 saturated carbocycles. The Hall–Kier alpha value is -1.65. The van der Waals surface area contributed by atoms with E-state index in [1.807, 2.05) is 33.9 Å². The number of nitrogens with one attached hydrogen (secondary N) is 2. The first-order valence-electron chi connectivity index (χ1n) is 7.16. The largest absolute Gasteiger partial charge is 0.351 e. The molecule has 1 fully saturated rings. The summed E-state index contributed by atoms with van der Waals surface area (Å²) in [5, 5.41) is 2.94. The minimum Gasteiger partial charge on any atom is -0.351 e. The van der Waals surface area contributed by atoms with Crippen molar-refractivity contribution in [1.82, 2.24) is 15.3 Å². The SMILES string of the molecule is CCC(=O)[C@@H](NC(=O)C1C[C@@H]1c1c[nH]cn1)C(C)(C)C. The number of hydrogen-bond acceptors (Lipinski definition) is 3. The lowest BCUT2D eigenvalue weighted by atomic mass is 9.83. The lowest BCUT2D eigenvalue weighted by Crippen LogP contribution is -2.49. The van der Waals surface area contributed by atoms with Crippen LogP contribution in [-0.2, 0) is 9.59 Å². The third kappa shape index (κ3) is 3.08. The zero-order valence-electron chi connectivity index (χ0n) is 12.6. The van der Waals surface area contributed by atoms with Gasteiger partial charge in [0.25, 0.3) is 0 Å². The van der Waals surface area contributed by atoms with E-state index in [1.54, 1.807) is 6.33 Å². The van der Waals surface area contributed by atoms with Crippen molar-refractivity contribution in [2.24, 2.45) is 11.3 Å². The molecule has 1 aliphatic rings. The van der Waals surface area contributed by atoms with E-state index in [-0.39, 0.29) is 28.9 Å². The second kappa shape index (κ2) is 5.38. The highest BCUT2D eigenvalue weighted by Gasteiger charge is 2.46. The smallest absolute Gasteiger partial charge is 0.224 e. The van der Waals surface area contributed by atoms with Gasteiger partial charge in [0.05, 0.1) is 18.1 Å². The Morgan fingerprint density at radius 2 is 2.20 bits per heavy atom. The first kappa shape index (κ1) is 14.8. The van der Waals surface area contributed by atoms with E-state index < -0.39 is 6.04 Å². The highest BCUT2D eigenvalue weighted by atomic mass is 16.2. The number of carbonyl (C=O) groups is 2. The average Bonchev–Trinajstić information content (AvgIpc) is 3.00. The van der Waals surface area contributed by atoms with Gasteiger partial charge in [0, 0.05) is 24.5 Å². The zero-order valence-corrected chi connectivity index (χ0v) is 12.6. The van der Waals surface area contributed by atoms with Crippen LogP contribution in [0.15, 0.2) is 12.5 Å². The summed E-state index contributed by atoms with van der Waals surface area (Å²) in [7, 11) is 0. The predicted octanol–water partition coefficient (Wildman–Crippen LogP) is 2.02. The number of H-pyrrole nitrogens is 1. The molecule has 110 valence electrons. The second-order valence-electron chi connectivity index (χ2n) is 6.57. The average molecular weight is 277 g/mol. The lowest BCUT2D eigenvalue weighted by molar-refractivity contribution is -0.130. The summed E-state index contributed by atoms with van der Waals surface area (Å²) < 4.78 is 0. The summed E-state index contributed by atoms with van der Waals surface area (Å²) in [5.74, 6) is 0.203. The fourth-order valence-corrected chi connectivity index (χ4v) is 2.52. The molecule has 0 saturated heterocycles. The van der Waals surface area contributed by atoms with Gasteiger partial charge in [-0.3, -0.25) is 9.59 Å². The number of imidazole rings is 1. The summed E-state index contributed by atoms with van der Waals surface area (Å²) in [6.45, 7) is 7.76. The molecule has 1 aromatic heterocycles. The molecule has 5 heteroatoms. The molecule has 1 aliphatic carbocycles. The van der Waals surface area contributed by atoms with Crippen molar-refractivity contribution in [3.63, 3.8) is 0 Å². The van der Waals surface area contributed by atoms with Gasteiger partial charge in [-0.25, -0.2) is 4.98 Å². The van der Waals surface area contributed by atoms with E-state index in [0.717, 1.165) is 12.1 Å². The van der Waals surface area contributed by atoms with Crippen LogP contribution in [0.1, 0.15) is 52.1 Å². The Morgan fingerprint density at radius 1 is 1.50 bits per heavy atom. The van der Waals surface area contributed by atoms with Crippen molar-refractivity contribution in [1.29, 1.82) is 0 Å². The van der Waals surface area contributed by atoms with Crippen LogP contribution in [0.4, 0.5) is 0 Å². The number of Topliss-reactive ketones (excluding diaryl/α,β-unsaturated/α-hetero) is 1. The number of hydrogen-bond donors (Lipinski definition) is 2. The number of aromatic amines is 1. The Labute approximate surface area is 119 Å². The monoisotopic (exact) mass is 277 g/mol. The molecule has 1 unspecified atom stereocenters. The molecule has 0 radical (unpaired) electrons. The molecule has 0 aromatic carbocycles. The molecule has 1 heterocycles. The first-order valence-corrected chi connectivity index (χ1v) is 7.16. The molecule has 2 N–H and O–H groups in total.